The second kappa shape index (κ2) is 12.7. The van der Waals surface area contributed by atoms with Gasteiger partial charge in [-0.25, -0.2) is 0 Å². The van der Waals surface area contributed by atoms with Crippen molar-refractivity contribution in [3.8, 4) is 16.8 Å². The molecule has 0 spiro atoms. The van der Waals surface area contributed by atoms with Gasteiger partial charge in [0.25, 0.3) is 0 Å². The predicted molar refractivity (Wildman–Crippen MR) is 246 cm³/mol. The van der Waals surface area contributed by atoms with Crippen LogP contribution < -0.4 is 4.90 Å². The standard InChI is InChI=1S/C54H34N2S/c1-3-13-35(14-4-1)47-33-44(27-40-19-11-12-22-45(40)47)55(42-24-26-53-50(32-42)49-29-37-16-8-10-18-39(37)31-54(49)57-53)43-23-25-46-48-28-36-15-7-9-17-38(36)30-51(48)56(52(46)34-43)41-20-5-2-6-21-41/h1-34H. The van der Waals surface area contributed by atoms with Crippen LogP contribution in [0.2, 0.25) is 0 Å². The lowest BCUT2D eigenvalue weighted by Crippen LogP contribution is -2.10. The van der Waals surface area contributed by atoms with E-state index < -0.39 is 0 Å². The van der Waals surface area contributed by atoms with Gasteiger partial charge >= 0.3 is 0 Å². The van der Waals surface area contributed by atoms with E-state index in [-0.39, 0.29) is 0 Å². The number of nitrogens with zero attached hydrogens (tertiary/aromatic N) is 2. The maximum atomic E-state index is 2.46. The fraction of sp³-hybridized carbons (Fsp3) is 0. The van der Waals surface area contributed by atoms with Crippen LogP contribution in [0.3, 0.4) is 0 Å². The van der Waals surface area contributed by atoms with Gasteiger partial charge in [-0.2, -0.15) is 0 Å². The second-order valence-corrected chi connectivity index (χ2v) is 16.1. The van der Waals surface area contributed by atoms with E-state index in [2.05, 4.69) is 216 Å². The van der Waals surface area contributed by atoms with Crippen LogP contribution in [0.15, 0.2) is 206 Å². The minimum Gasteiger partial charge on any atom is -0.310 e. The summed E-state index contributed by atoms with van der Waals surface area (Å²) in [6, 6.07) is 76.0. The fourth-order valence-electron chi connectivity index (χ4n) is 9.00. The molecular formula is C54H34N2S. The first-order chi connectivity index (χ1) is 28.2. The summed E-state index contributed by atoms with van der Waals surface area (Å²) in [5, 5.41) is 12.5. The van der Waals surface area contributed by atoms with Gasteiger partial charge in [0.1, 0.15) is 0 Å². The van der Waals surface area contributed by atoms with Gasteiger partial charge in [-0.3, -0.25) is 0 Å². The summed E-state index contributed by atoms with van der Waals surface area (Å²) in [4.78, 5) is 2.46. The van der Waals surface area contributed by atoms with Gasteiger partial charge in [-0.15, -0.1) is 11.3 Å². The second-order valence-electron chi connectivity index (χ2n) is 15.0. The quantitative estimate of drug-likeness (QED) is 0.170. The van der Waals surface area contributed by atoms with Crippen molar-refractivity contribution in [2.75, 3.05) is 4.90 Å². The Morgan fingerprint density at radius 1 is 0.333 bits per heavy atom. The summed E-state index contributed by atoms with van der Waals surface area (Å²) in [6.45, 7) is 0. The van der Waals surface area contributed by atoms with Crippen LogP contribution in [-0.4, -0.2) is 4.57 Å². The summed E-state index contributed by atoms with van der Waals surface area (Å²) in [5.41, 5.74) is 9.28. The third kappa shape index (κ3) is 5.17. The lowest BCUT2D eigenvalue weighted by Gasteiger charge is -2.27. The number of hydrogen-bond acceptors (Lipinski definition) is 2. The summed E-state index contributed by atoms with van der Waals surface area (Å²) in [5.74, 6) is 0. The van der Waals surface area contributed by atoms with Crippen LogP contribution in [0.4, 0.5) is 17.1 Å². The first-order valence-corrected chi connectivity index (χ1v) is 20.3. The van der Waals surface area contributed by atoms with Crippen molar-refractivity contribution in [1.82, 2.24) is 4.57 Å². The van der Waals surface area contributed by atoms with Crippen LogP contribution in [0, 0.1) is 0 Å². The van der Waals surface area contributed by atoms with Gasteiger partial charge in [0, 0.05) is 53.7 Å². The minimum absolute atomic E-state index is 1.10. The number of thiophene rings is 1. The van der Waals surface area contributed by atoms with E-state index in [1.54, 1.807) is 0 Å². The first-order valence-electron chi connectivity index (χ1n) is 19.5. The predicted octanol–water partition coefficient (Wildman–Crippen LogP) is 15.7. The normalized spacial score (nSPS) is 11.9. The number of para-hydroxylation sites is 1. The van der Waals surface area contributed by atoms with E-state index in [0.717, 1.165) is 22.7 Å². The van der Waals surface area contributed by atoms with Crippen molar-refractivity contribution in [1.29, 1.82) is 0 Å². The van der Waals surface area contributed by atoms with Gasteiger partial charge in [-0.05, 0) is 122 Å². The van der Waals surface area contributed by atoms with Crippen molar-refractivity contribution in [2.45, 2.75) is 0 Å². The lowest BCUT2D eigenvalue weighted by atomic mass is 9.96. The number of fused-ring (bicyclic) bond motifs is 9. The molecule has 0 N–H and O–H groups in total. The molecule has 12 aromatic rings. The van der Waals surface area contributed by atoms with Crippen LogP contribution >= 0.6 is 11.3 Å². The first kappa shape index (κ1) is 32.1. The van der Waals surface area contributed by atoms with Crippen molar-refractivity contribution < 1.29 is 0 Å². The highest BCUT2D eigenvalue weighted by molar-refractivity contribution is 7.25. The molecule has 266 valence electrons. The van der Waals surface area contributed by atoms with Crippen molar-refractivity contribution in [3.63, 3.8) is 0 Å². The number of anilines is 3. The molecule has 0 radical (unpaired) electrons. The van der Waals surface area contributed by atoms with Gasteiger partial charge in [0.15, 0.2) is 0 Å². The Labute approximate surface area is 333 Å². The molecule has 57 heavy (non-hydrogen) atoms. The Balaban J connectivity index is 1.16. The molecule has 0 amide bonds. The molecule has 2 nitrogen and oxygen atoms in total. The molecule has 0 aliphatic heterocycles. The van der Waals surface area contributed by atoms with E-state index in [9.17, 15) is 0 Å². The Hall–Kier alpha value is -7.20. The molecule has 0 aliphatic carbocycles. The molecule has 0 bridgehead atoms. The maximum absolute atomic E-state index is 2.46. The Kier molecular flexibility index (Phi) is 7.13. The summed E-state index contributed by atoms with van der Waals surface area (Å²) < 4.78 is 5.04. The van der Waals surface area contributed by atoms with Gasteiger partial charge in [0.2, 0.25) is 0 Å². The van der Waals surface area contributed by atoms with E-state index in [0.29, 0.717) is 0 Å². The molecule has 0 atom stereocenters. The highest BCUT2D eigenvalue weighted by Crippen LogP contribution is 2.45. The molecule has 0 aliphatic rings. The zero-order valence-corrected chi connectivity index (χ0v) is 31.7. The SMILES string of the molecule is c1ccc(-c2cc(N(c3ccc4sc5cc6ccccc6cc5c4c3)c3ccc4c5cc6ccccc6cc5n(-c5ccccc5)c4c3)cc3ccccc23)cc1. The third-order valence-corrected chi connectivity index (χ3v) is 12.8. The minimum atomic E-state index is 1.10. The number of rotatable bonds is 5. The van der Waals surface area contributed by atoms with Crippen LogP contribution in [0.5, 0.6) is 0 Å². The highest BCUT2D eigenvalue weighted by Gasteiger charge is 2.21. The average Bonchev–Trinajstić information content (AvgIpc) is 3.78. The third-order valence-electron chi connectivity index (χ3n) is 11.7. The molecule has 0 unspecified atom stereocenters. The van der Waals surface area contributed by atoms with E-state index in [1.165, 1.54) is 85.4 Å². The fourth-order valence-corrected chi connectivity index (χ4v) is 10.1. The topological polar surface area (TPSA) is 8.17 Å². The van der Waals surface area contributed by atoms with Crippen molar-refractivity contribution in [2.24, 2.45) is 0 Å². The van der Waals surface area contributed by atoms with Crippen molar-refractivity contribution in [3.05, 3.63) is 206 Å². The molecule has 12 rings (SSSR count). The smallest absolute Gasteiger partial charge is 0.0561 e. The van der Waals surface area contributed by atoms with Gasteiger partial charge in [-0.1, -0.05) is 127 Å². The maximum Gasteiger partial charge on any atom is 0.0561 e. The van der Waals surface area contributed by atoms with Crippen LogP contribution in [0.25, 0.3) is 91.1 Å². The molecular weight excluding hydrogens is 709 g/mol. The zero-order valence-electron chi connectivity index (χ0n) is 30.9. The average molecular weight is 743 g/mol. The summed E-state index contributed by atoms with van der Waals surface area (Å²) in [7, 11) is 0. The molecule has 0 saturated heterocycles. The monoisotopic (exact) mass is 742 g/mol. The Morgan fingerprint density at radius 3 is 1.68 bits per heavy atom. The molecule has 2 aromatic heterocycles. The van der Waals surface area contributed by atoms with Crippen LogP contribution in [-0.2, 0) is 0 Å². The summed E-state index contributed by atoms with van der Waals surface area (Å²) >= 11 is 1.87. The summed E-state index contributed by atoms with van der Waals surface area (Å²) in [6.07, 6.45) is 0. The largest absolute Gasteiger partial charge is 0.310 e. The van der Waals surface area contributed by atoms with Gasteiger partial charge < -0.3 is 9.47 Å². The molecule has 3 heteroatoms. The van der Waals surface area contributed by atoms with Crippen molar-refractivity contribution >= 4 is 103 Å². The zero-order chi connectivity index (χ0) is 37.5. The molecule has 2 heterocycles. The molecule has 0 fully saturated rings. The number of aromatic nitrogens is 1. The Bertz CT molecular complexity index is 3520. The lowest BCUT2D eigenvalue weighted by molar-refractivity contribution is 1.18. The molecule has 10 aromatic carbocycles. The van der Waals surface area contributed by atoms with Gasteiger partial charge in [0.05, 0.1) is 11.0 Å². The van der Waals surface area contributed by atoms with E-state index in [4.69, 9.17) is 0 Å². The highest BCUT2D eigenvalue weighted by atomic mass is 32.1. The van der Waals surface area contributed by atoms with E-state index in [1.807, 2.05) is 11.3 Å². The molecule has 0 saturated carbocycles. The number of hydrogen-bond donors (Lipinski definition) is 0. The van der Waals surface area contributed by atoms with Crippen LogP contribution in [0.1, 0.15) is 0 Å². The van der Waals surface area contributed by atoms with E-state index >= 15 is 0 Å². The Morgan fingerprint density at radius 2 is 0.912 bits per heavy atom. The number of benzene rings is 10.